The molecule has 2 heterocycles. The van der Waals surface area contributed by atoms with Gasteiger partial charge in [-0.15, -0.1) is 0 Å². The predicted molar refractivity (Wildman–Crippen MR) is 112 cm³/mol. The zero-order valence-electron chi connectivity index (χ0n) is 15.2. The van der Waals surface area contributed by atoms with Crippen molar-refractivity contribution in [3.8, 4) is 5.75 Å². The highest BCUT2D eigenvalue weighted by Gasteiger charge is 2.40. The number of rotatable bonds is 7. The van der Waals surface area contributed by atoms with Crippen LogP contribution < -0.4 is 4.74 Å². The number of aliphatic carboxylic acids is 2. The highest BCUT2D eigenvalue weighted by atomic mass is 32.2. The number of thiocarbonyl (C=S) groups is 1. The zero-order chi connectivity index (χ0) is 21.1. The van der Waals surface area contributed by atoms with E-state index in [1.54, 1.807) is 31.4 Å². The van der Waals surface area contributed by atoms with E-state index < -0.39 is 23.9 Å². The molecule has 8 nitrogen and oxygen atoms in total. The molecule has 3 rings (SSSR count). The highest BCUT2D eigenvalue weighted by Crippen LogP contribution is 2.35. The van der Waals surface area contributed by atoms with Crippen molar-refractivity contribution in [3.63, 3.8) is 0 Å². The van der Waals surface area contributed by atoms with Crippen molar-refractivity contribution in [2.24, 2.45) is 0 Å². The summed E-state index contributed by atoms with van der Waals surface area (Å²) in [5.74, 6) is -2.32. The molecule has 0 spiro atoms. The summed E-state index contributed by atoms with van der Waals surface area (Å²) < 4.78 is 5.26. The average molecular weight is 432 g/mol. The fraction of sp³-hybridized carbons (Fsp3) is 0.211. The first kappa shape index (κ1) is 20.7. The molecule has 1 aliphatic rings. The molecule has 1 amide bonds. The maximum atomic E-state index is 12.8. The fourth-order valence-electron chi connectivity index (χ4n) is 2.83. The van der Waals surface area contributed by atoms with E-state index in [1.165, 1.54) is 0 Å². The summed E-state index contributed by atoms with van der Waals surface area (Å²) in [6, 6.07) is 7.65. The summed E-state index contributed by atoms with van der Waals surface area (Å²) in [5.41, 5.74) is 1.22. The molecule has 1 aliphatic heterocycles. The third-order valence-corrected chi connectivity index (χ3v) is 5.58. The minimum atomic E-state index is -1.33. The van der Waals surface area contributed by atoms with Gasteiger partial charge in [0.2, 0.25) is 0 Å². The molecule has 2 N–H and O–H groups in total. The lowest BCUT2D eigenvalue weighted by atomic mass is 10.1. The van der Waals surface area contributed by atoms with Crippen LogP contribution in [0.2, 0.25) is 0 Å². The number of methoxy groups -OCH3 is 1. The Labute approximate surface area is 175 Å². The first-order valence-corrected chi connectivity index (χ1v) is 9.69. The number of carboxylic acid groups (broad SMARTS) is 2. The Balaban J connectivity index is 1.87. The van der Waals surface area contributed by atoms with Gasteiger partial charge in [-0.2, -0.15) is 0 Å². The molecule has 150 valence electrons. The second-order valence-corrected chi connectivity index (χ2v) is 7.81. The Bertz CT molecular complexity index is 1050. The van der Waals surface area contributed by atoms with Crippen LogP contribution >= 0.6 is 24.0 Å². The van der Waals surface area contributed by atoms with Crippen LogP contribution in [0.5, 0.6) is 5.75 Å². The Kier molecular flexibility index (Phi) is 6.14. The van der Waals surface area contributed by atoms with Crippen LogP contribution in [0, 0.1) is 0 Å². The lowest BCUT2D eigenvalue weighted by Crippen LogP contribution is -2.44. The first-order valence-electron chi connectivity index (χ1n) is 8.46. The Morgan fingerprint density at radius 2 is 2.07 bits per heavy atom. The van der Waals surface area contributed by atoms with E-state index in [4.69, 9.17) is 22.1 Å². The second-order valence-electron chi connectivity index (χ2n) is 6.13. The van der Waals surface area contributed by atoms with Crippen LogP contribution in [0.3, 0.4) is 0 Å². The number of amides is 1. The van der Waals surface area contributed by atoms with Crippen molar-refractivity contribution in [3.05, 3.63) is 40.9 Å². The standard InChI is InChI=1S/C19H16N2O6S2/c1-27-12-4-5-13-10(8-12)2-3-11(20-13)9-15-17(24)21(19(28)29-15)14(18(25)26)6-7-16(22)23/h2-5,8-9,14H,6-7H2,1H3,(H,22,23)(H,25,26)/b15-9-/t14-/m1/s1. The number of benzene rings is 1. The highest BCUT2D eigenvalue weighted by molar-refractivity contribution is 8.26. The maximum Gasteiger partial charge on any atom is 0.326 e. The van der Waals surface area contributed by atoms with Crippen LogP contribution in [0.15, 0.2) is 35.2 Å². The first-order chi connectivity index (χ1) is 13.8. The third kappa shape index (κ3) is 4.54. The van der Waals surface area contributed by atoms with Crippen molar-refractivity contribution >= 4 is 63.1 Å². The number of hydrogen-bond acceptors (Lipinski definition) is 7. The van der Waals surface area contributed by atoms with Gasteiger partial charge in [-0.1, -0.05) is 30.0 Å². The lowest BCUT2D eigenvalue weighted by molar-refractivity contribution is -0.146. The van der Waals surface area contributed by atoms with Crippen molar-refractivity contribution in [2.75, 3.05) is 7.11 Å². The van der Waals surface area contributed by atoms with E-state index in [1.807, 2.05) is 12.1 Å². The number of pyridine rings is 1. The molecular formula is C19H16N2O6S2. The molecule has 0 radical (unpaired) electrons. The minimum absolute atomic E-state index is 0.0737. The molecule has 1 aromatic carbocycles. The quantitative estimate of drug-likeness (QED) is 0.503. The normalized spacial score (nSPS) is 16.4. The Morgan fingerprint density at radius 1 is 1.31 bits per heavy atom. The van der Waals surface area contributed by atoms with Gasteiger partial charge in [-0.05, 0) is 36.8 Å². The maximum absolute atomic E-state index is 12.8. The van der Waals surface area contributed by atoms with Crippen molar-refractivity contribution in [1.82, 2.24) is 9.88 Å². The molecule has 0 bridgehead atoms. The van der Waals surface area contributed by atoms with Gasteiger partial charge < -0.3 is 14.9 Å². The molecule has 1 saturated heterocycles. The Morgan fingerprint density at radius 3 is 2.72 bits per heavy atom. The molecule has 1 fully saturated rings. The largest absolute Gasteiger partial charge is 0.497 e. The van der Waals surface area contributed by atoms with Crippen LogP contribution in [0.25, 0.3) is 17.0 Å². The van der Waals surface area contributed by atoms with Crippen LogP contribution in [-0.4, -0.2) is 55.4 Å². The number of fused-ring (bicyclic) bond motifs is 1. The number of carbonyl (C=O) groups excluding carboxylic acids is 1. The van der Waals surface area contributed by atoms with Gasteiger partial charge in [0, 0.05) is 11.8 Å². The summed E-state index contributed by atoms with van der Waals surface area (Å²) in [7, 11) is 1.58. The topological polar surface area (TPSA) is 117 Å². The van der Waals surface area contributed by atoms with Crippen molar-refractivity contribution in [2.45, 2.75) is 18.9 Å². The van der Waals surface area contributed by atoms with Gasteiger partial charge in [0.1, 0.15) is 16.1 Å². The number of nitrogens with zero attached hydrogens (tertiary/aromatic N) is 2. The molecular weight excluding hydrogens is 416 g/mol. The number of hydrogen-bond donors (Lipinski definition) is 2. The summed E-state index contributed by atoms with van der Waals surface area (Å²) in [6.45, 7) is 0. The fourth-order valence-corrected chi connectivity index (χ4v) is 4.17. The molecule has 0 saturated carbocycles. The van der Waals surface area contributed by atoms with Crippen molar-refractivity contribution in [1.29, 1.82) is 0 Å². The zero-order valence-corrected chi connectivity index (χ0v) is 16.8. The van der Waals surface area contributed by atoms with Gasteiger partial charge in [-0.25, -0.2) is 9.78 Å². The SMILES string of the molecule is COc1ccc2nc(/C=C3\SC(=S)N([C@H](CCC(=O)O)C(=O)O)C3=O)ccc2c1. The van der Waals surface area contributed by atoms with Gasteiger partial charge in [-0.3, -0.25) is 14.5 Å². The van der Waals surface area contributed by atoms with Gasteiger partial charge in [0.25, 0.3) is 5.91 Å². The summed E-state index contributed by atoms with van der Waals surface area (Å²) in [6.07, 6.45) is 0.919. The number of ether oxygens (including phenoxy) is 1. The summed E-state index contributed by atoms with van der Waals surface area (Å²) >= 11 is 6.14. The molecule has 0 unspecified atom stereocenters. The number of aromatic nitrogens is 1. The van der Waals surface area contributed by atoms with E-state index >= 15 is 0 Å². The van der Waals surface area contributed by atoms with E-state index in [0.29, 0.717) is 17.0 Å². The summed E-state index contributed by atoms with van der Waals surface area (Å²) in [5, 5.41) is 19.1. The van der Waals surface area contributed by atoms with Gasteiger partial charge in [0.05, 0.1) is 23.2 Å². The van der Waals surface area contributed by atoms with Crippen LogP contribution in [0.4, 0.5) is 0 Å². The smallest absolute Gasteiger partial charge is 0.326 e. The Hall–Kier alpha value is -2.98. The minimum Gasteiger partial charge on any atom is -0.497 e. The summed E-state index contributed by atoms with van der Waals surface area (Å²) in [4.78, 5) is 40.8. The molecule has 2 aromatic rings. The van der Waals surface area contributed by atoms with E-state index in [0.717, 1.165) is 22.0 Å². The number of carbonyl (C=O) groups is 3. The van der Waals surface area contributed by atoms with Crippen molar-refractivity contribution < 1.29 is 29.3 Å². The van der Waals surface area contributed by atoms with Gasteiger partial charge >= 0.3 is 11.9 Å². The molecule has 1 atom stereocenters. The molecule has 29 heavy (non-hydrogen) atoms. The number of carboxylic acids is 2. The van der Waals surface area contributed by atoms with Gasteiger partial charge in [0.15, 0.2) is 0 Å². The molecule has 1 aromatic heterocycles. The monoisotopic (exact) mass is 432 g/mol. The second kappa shape index (κ2) is 8.58. The predicted octanol–water partition coefficient (Wildman–Crippen LogP) is 2.76. The van der Waals surface area contributed by atoms with E-state index in [2.05, 4.69) is 4.98 Å². The molecule has 10 heteroatoms. The molecule has 0 aliphatic carbocycles. The number of thioether (sulfide) groups is 1. The van der Waals surface area contributed by atoms with E-state index in [9.17, 15) is 19.5 Å². The van der Waals surface area contributed by atoms with Crippen LogP contribution in [0.1, 0.15) is 18.5 Å². The van der Waals surface area contributed by atoms with E-state index in [-0.39, 0.29) is 22.1 Å². The average Bonchev–Trinajstić information content (AvgIpc) is 2.95. The lowest BCUT2D eigenvalue weighted by Gasteiger charge is -2.22. The van der Waals surface area contributed by atoms with Crippen LogP contribution in [-0.2, 0) is 14.4 Å². The third-order valence-electron chi connectivity index (χ3n) is 4.25.